The van der Waals surface area contributed by atoms with Gasteiger partial charge in [0.15, 0.2) is 0 Å². The van der Waals surface area contributed by atoms with Gasteiger partial charge in [-0.15, -0.1) is 0 Å². The molecular formula is C8H11N7O. The van der Waals surface area contributed by atoms with Crippen molar-refractivity contribution >= 4 is 17.7 Å². The van der Waals surface area contributed by atoms with Crippen LogP contribution in [-0.4, -0.2) is 30.5 Å². The number of nitrogen functional groups attached to an aromatic ring is 1. The summed E-state index contributed by atoms with van der Waals surface area (Å²) in [7, 11) is 1.69. The molecule has 0 fully saturated rings. The molecule has 0 aromatic carbocycles. The van der Waals surface area contributed by atoms with Crippen molar-refractivity contribution in [1.29, 1.82) is 0 Å². The molecule has 2 heterocycles. The Labute approximate surface area is 91.1 Å². The standard InChI is InChI=1S/C8H11N7O/c1-14-8(10-5-11-14)12-7(16)4-15-3-2-6(9)13-15/h2-3,5H,4H2,1H3,(H2,9,13)(H,10,11,12,16). The molecule has 2 rings (SSSR count). The van der Waals surface area contributed by atoms with E-state index >= 15 is 0 Å². The number of amides is 1. The number of anilines is 2. The highest BCUT2D eigenvalue weighted by Crippen LogP contribution is 1.99. The first-order valence-electron chi connectivity index (χ1n) is 4.58. The number of hydrogen-bond acceptors (Lipinski definition) is 5. The lowest BCUT2D eigenvalue weighted by molar-refractivity contribution is -0.117. The first-order valence-corrected chi connectivity index (χ1v) is 4.58. The van der Waals surface area contributed by atoms with Crippen LogP contribution in [0.1, 0.15) is 0 Å². The van der Waals surface area contributed by atoms with E-state index in [1.54, 1.807) is 19.3 Å². The monoisotopic (exact) mass is 221 g/mol. The van der Waals surface area contributed by atoms with Crippen LogP contribution in [0.5, 0.6) is 0 Å². The van der Waals surface area contributed by atoms with Crippen molar-refractivity contribution in [3.05, 3.63) is 18.6 Å². The first kappa shape index (κ1) is 10.1. The van der Waals surface area contributed by atoms with Crippen molar-refractivity contribution < 1.29 is 4.79 Å². The lowest BCUT2D eigenvalue weighted by Crippen LogP contribution is -2.21. The van der Waals surface area contributed by atoms with E-state index in [1.807, 2.05) is 0 Å². The van der Waals surface area contributed by atoms with Crippen LogP contribution in [0, 0.1) is 0 Å². The number of carbonyl (C=O) groups excluding carboxylic acids is 1. The summed E-state index contributed by atoms with van der Waals surface area (Å²) in [5.41, 5.74) is 5.42. The van der Waals surface area contributed by atoms with Gasteiger partial charge < -0.3 is 5.73 Å². The maximum atomic E-state index is 11.5. The van der Waals surface area contributed by atoms with E-state index in [4.69, 9.17) is 5.73 Å². The van der Waals surface area contributed by atoms with Crippen LogP contribution >= 0.6 is 0 Å². The van der Waals surface area contributed by atoms with Gasteiger partial charge in [0.05, 0.1) is 0 Å². The Kier molecular flexibility index (Phi) is 2.54. The molecule has 16 heavy (non-hydrogen) atoms. The predicted octanol–water partition coefficient (Wildman–Crippen LogP) is -0.768. The van der Waals surface area contributed by atoms with Crippen LogP contribution in [-0.2, 0) is 18.4 Å². The summed E-state index contributed by atoms with van der Waals surface area (Å²) in [6.45, 7) is 0.0874. The van der Waals surface area contributed by atoms with Crippen molar-refractivity contribution in [3.8, 4) is 0 Å². The fourth-order valence-corrected chi connectivity index (χ4v) is 1.19. The SMILES string of the molecule is Cn1ncnc1NC(=O)Cn1ccc(N)n1. The number of aromatic nitrogens is 5. The second-order valence-electron chi connectivity index (χ2n) is 3.19. The average Bonchev–Trinajstić information content (AvgIpc) is 2.77. The summed E-state index contributed by atoms with van der Waals surface area (Å²) in [5.74, 6) is 0.538. The van der Waals surface area contributed by atoms with Crippen molar-refractivity contribution in [2.24, 2.45) is 7.05 Å². The fourth-order valence-electron chi connectivity index (χ4n) is 1.19. The average molecular weight is 221 g/mol. The normalized spacial score (nSPS) is 10.3. The molecule has 3 N–H and O–H groups in total. The van der Waals surface area contributed by atoms with Crippen molar-refractivity contribution in [2.45, 2.75) is 6.54 Å². The Morgan fingerprint density at radius 2 is 2.44 bits per heavy atom. The van der Waals surface area contributed by atoms with Crippen LogP contribution < -0.4 is 11.1 Å². The molecule has 8 nitrogen and oxygen atoms in total. The highest BCUT2D eigenvalue weighted by molar-refractivity contribution is 5.88. The second kappa shape index (κ2) is 4.01. The zero-order chi connectivity index (χ0) is 11.5. The van der Waals surface area contributed by atoms with Gasteiger partial charge in [-0.3, -0.25) is 14.8 Å². The molecule has 0 aliphatic heterocycles. The molecular weight excluding hydrogens is 210 g/mol. The number of nitrogens with one attached hydrogen (secondary N) is 1. The van der Waals surface area contributed by atoms with Gasteiger partial charge in [0.1, 0.15) is 18.7 Å². The zero-order valence-electron chi connectivity index (χ0n) is 8.66. The molecule has 0 radical (unpaired) electrons. The van der Waals surface area contributed by atoms with Crippen LogP contribution in [0.2, 0.25) is 0 Å². The van der Waals surface area contributed by atoms with E-state index in [-0.39, 0.29) is 12.5 Å². The zero-order valence-corrected chi connectivity index (χ0v) is 8.66. The number of nitrogens with two attached hydrogens (primary N) is 1. The Morgan fingerprint density at radius 1 is 1.62 bits per heavy atom. The maximum absolute atomic E-state index is 11.5. The third kappa shape index (κ3) is 2.16. The van der Waals surface area contributed by atoms with Gasteiger partial charge in [0.2, 0.25) is 11.9 Å². The summed E-state index contributed by atoms with van der Waals surface area (Å²) in [6.07, 6.45) is 2.99. The molecule has 0 aliphatic rings. The molecule has 2 aromatic heterocycles. The minimum atomic E-state index is -0.237. The van der Waals surface area contributed by atoms with Crippen molar-refractivity contribution in [2.75, 3.05) is 11.1 Å². The van der Waals surface area contributed by atoms with Gasteiger partial charge in [0, 0.05) is 13.2 Å². The van der Waals surface area contributed by atoms with E-state index in [0.717, 1.165) is 0 Å². The molecule has 0 saturated carbocycles. The Morgan fingerprint density at radius 3 is 3.00 bits per heavy atom. The van der Waals surface area contributed by atoms with E-state index in [9.17, 15) is 4.79 Å². The highest BCUT2D eigenvalue weighted by Gasteiger charge is 2.07. The van der Waals surface area contributed by atoms with Crippen molar-refractivity contribution in [1.82, 2.24) is 24.5 Å². The number of rotatable bonds is 3. The van der Waals surface area contributed by atoms with Gasteiger partial charge in [0.25, 0.3) is 0 Å². The molecule has 8 heteroatoms. The number of carbonyl (C=O) groups is 1. The number of aryl methyl sites for hydroxylation is 1. The second-order valence-corrected chi connectivity index (χ2v) is 3.19. The van der Waals surface area contributed by atoms with Gasteiger partial charge >= 0.3 is 0 Å². The lowest BCUT2D eigenvalue weighted by atomic mass is 10.6. The third-order valence-electron chi connectivity index (χ3n) is 1.93. The molecule has 0 saturated heterocycles. The highest BCUT2D eigenvalue weighted by atomic mass is 16.2. The Bertz CT molecular complexity index is 500. The Hall–Kier alpha value is -2.38. The molecule has 2 aromatic rings. The van der Waals surface area contributed by atoms with Gasteiger partial charge in [-0.25, -0.2) is 4.68 Å². The molecule has 84 valence electrons. The van der Waals surface area contributed by atoms with E-state index in [1.165, 1.54) is 15.7 Å². The molecule has 0 atom stereocenters. The van der Waals surface area contributed by atoms with Gasteiger partial charge in [-0.05, 0) is 6.07 Å². The van der Waals surface area contributed by atoms with E-state index < -0.39 is 0 Å². The van der Waals surface area contributed by atoms with Gasteiger partial charge in [-0.2, -0.15) is 15.2 Å². The smallest absolute Gasteiger partial charge is 0.248 e. The van der Waals surface area contributed by atoms with Crippen LogP contribution in [0.4, 0.5) is 11.8 Å². The Balaban J connectivity index is 1.97. The lowest BCUT2D eigenvalue weighted by Gasteiger charge is -2.03. The quantitative estimate of drug-likeness (QED) is 0.708. The van der Waals surface area contributed by atoms with Crippen molar-refractivity contribution in [3.63, 3.8) is 0 Å². The number of nitrogens with zero attached hydrogens (tertiary/aromatic N) is 5. The summed E-state index contributed by atoms with van der Waals surface area (Å²) in [6, 6.07) is 1.62. The van der Waals surface area contributed by atoms with Crippen LogP contribution in [0.3, 0.4) is 0 Å². The summed E-state index contributed by atoms with van der Waals surface area (Å²) < 4.78 is 2.91. The van der Waals surface area contributed by atoms with E-state index in [2.05, 4.69) is 20.5 Å². The first-order chi connectivity index (χ1) is 7.65. The van der Waals surface area contributed by atoms with E-state index in [0.29, 0.717) is 11.8 Å². The summed E-state index contributed by atoms with van der Waals surface area (Å²) in [5, 5.41) is 10.3. The third-order valence-corrected chi connectivity index (χ3v) is 1.93. The summed E-state index contributed by atoms with van der Waals surface area (Å²) in [4.78, 5) is 15.4. The molecule has 1 amide bonds. The minimum absolute atomic E-state index is 0.0874. The predicted molar refractivity (Wildman–Crippen MR) is 56.3 cm³/mol. The molecule has 0 aliphatic carbocycles. The molecule has 0 unspecified atom stereocenters. The van der Waals surface area contributed by atoms with Crippen LogP contribution in [0.25, 0.3) is 0 Å². The minimum Gasteiger partial charge on any atom is -0.382 e. The topological polar surface area (TPSA) is 104 Å². The van der Waals surface area contributed by atoms with Gasteiger partial charge in [-0.1, -0.05) is 0 Å². The fraction of sp³-hybridized carbons (Fsp3) is 0.250. The molecule has 0 bridgehead atoms. The van der Waals surface area contributed by atoms with Crippen LogP contribution in [0.15, 0.2) is 18.6 Å². The summed E-state index contributed by atoms with van der Waals surface area (Å²) >= 11 is 0. The maximum Gasteiger partial charge on any atom is 0.248 e. The molecule has 0 spiro atoms. The number of hydrogen-bond donors (Lipinski definition) is 2. The largest absolute Gasteiger partial charge is 0.382 e.